The van der Waals surface area contributed by atoms with Crippen LogP contribution in [0.2, 0.25) is 0 Å². The molecule has 122 valence electrons. The number of benzene rings is 1. The molecule has 1 aromatic carbocycles. The van der Waals surface area contributed by atoms with Crippen LogP contribution in [0.5, 0.6) is 0 Å². The Morgan fingerprint density at radius 2 is 1.88 bits per heavy atom. The summed E-state index contributed by atoms with van der Waals surface area (Å²) >= 11 is 0. The van der Waals surface area contributed by atoms with Crippen molar-refractivity contribution in [1.82, 2.24) is 14.8 Å². The molecule has 5 heteroatoms. The summed E-state index contributed by atoms with van der Waals surface area (Å²) in [6.07, 6.45) is 4.98. The van der Waals surface area contributed by atoms with Gasteiger partial charge in [0, 0.05) is 11.9 Å². The van der Waals surface area contributed by atoms with Crippen LogP contribution in [-0.2, 0) is 12.8 Å². The average molecular weight is 320 g/mol. The van der Waals surface area contributed by atoms with Crippen molar-refractivity contribution in [3.63, 3.8) is 0 Å². The van der Waals surface area contributed by atoms with Gasteiger partial charge in [-0.3, -0.25) is 4.79 Å². The van der Waals surface area contributed by atoms with Crippen LogP contribution in [0.25, 0.3) is 5.82 Å². The molecule has 5 nitrogen and oxygen atoms in total. The van der Waals surface area contributed by atoms with Crippen molar-refractivity contribution in [2.75, 3.05) is 5.32 Å². The Morgan fingerprint density at radius 1 is 1.08 bits per heavy atom. The number of amides is 1. The minimum absolute atomic E-state index is 0.154. The maximum atomic E-state index is 12.6. The van der Waals surface area contributed by atoms with Crippen LogP contribution < -0.4 is 5.32 Å². The summed E-state index contributed by atoms with van der Waals surface area (Å²) in [4.78, 5) is 16.9. The third kappa shape index (κ3) is 3.20. The number of carbonyl (C=O) groups is 1. The fourth-order valence-corrected chi connectivity index (χ4v) is 2.60. The van der Waals surface area contributed by atoms with Crippen LogP contribution in [0.4, 0.5) is 5.69 Å². The predicted molar refractivity (Wildman–Crippen MR) is 94.5 cm³/mol. The summed E-state index contributed by atoms with van der Waals surface area (Å²) in [6.45, 7) is 4.11. The maximum absolute atomic E-state index is 12.6. The average Bonchev–Trinajstić information content (AvgIpc) is 3.07. The summed E-state index contributed by atoms with van der Waals surface area (Å²) in [5, 5.41) is 7.28. The zero-order valence-electron chi connectivity index (χ0n) is 13.9. The van der Waals surface area contributed by atoms with Gasteiger partial charge in [0.2, 0.25) is 0 Å². The van der Waals surface area contributed by atoms with E-state index >= 15 is 0 Å². The molecule has 0 fully saturated rings. The molecule has 2 heterocycles. The van der Waals surface area contributed by atoms with Crippen LogP contribution in [0.3, 0.4) is 0 Å². The lowest BCUT2D eigenvalue weighted by molar-refractivity contribution is 0.102. The predicted octanol–water partition coefficient (Wildman–Crippen LogP) is 3.64. The molecular weight excluding hydrogens is 300 g/mol. The third-order valence-electron chi connectivity index (χ3n) is 3.93. The first-order valence-electron chi connectivity index (χ1n) is 8.11. The molecule has 0 atom stereocenters. The van der Waals surface area contributed by atoms with Gasteiger partial charge in [0.1, 0.15) is 0 Å². The molecule has 0 aliphatic carbocycles. The van der Waals surface area contributed by atoms with Crippen molar-refractivity contribution in [2.24, 2.45) is 0 Å². The standard InChI is InChI=1S/C19H20N4O/c1-3-14-8-10-15(11-9-14)22-19(24)16-13-21-23(17(16)4-2)18-7-5-6-12-20-18/h5-13H,3-4H2,1-2H3,(H,22,24). The van der Waals surface area contributed by atoms with E-state index in [4.69, 9.17) is 0 Å². The first kappa shape index (κ1) is 15.9. The SMILES string of the molecule is CCc1ccc(NC(=O)c2cnn(-c3ccccn3)c2CC)cc1. The molecule has 24 heavy (non-hydrogen) atoms. The highest BCUT2D eigenvalue weighted by Gasteiger charge is 2.17. The Labute approximate surface area is 141 Å². The van der Waals surface area contributed by atoms with Gasteiger partial charge in [0.25, 0.3) is 5.91 Å². The molecule has 0 radical (unpaired) electrons. The van der Waals surface area contributed by atoms with E-state index < -0.39 is 0 Å². The second-order valence-corrected chi connectivity index (χ2v) is 5.46. The van der Waals surface area contributed by atoms with Crippen LogP contribution in [0.15, 0.2) is 54.9 Å². The van der Waals surface area contributed by atoms with Gasteiger partial charge in [-0.05, 0) is 42.7 Å². The monoisotopic (exact) mass is 320 g/mol. The summed E-state index contributed by atoms with van der Waals surface area (Å²) < 4.78 is 1.72. The summed E-state index contributed by atoms with van der Waals surface area (Å²) in [6, 6.07) is 13.5. The smallest absolute Gasteiger partial charge is 0.259 e. The largest absolute Gasteiger partial charge is 0.322 e. The van der Waals surface area contributed by atoms with Crippen LogP contribution in [0, 0.1) is 0 Å². The summed E-state index contributed by atoms with van der Waals surface area (Å²) in [5.41, 5.74) is 3.44. The van der Waals surface area contributed by atoms with Gasteiger partial charge in [0.15, 0.2) is 5.82 Å². The van der Waals surface area contributed by atoms with Gasteiger partial charge in [-0.15, -0.1) is 0 Å². The molecule has 0 bridgehead atoms. The van der Waals surface area contributed by atoms with E-state index in [9.17, 15) is 4.79 Å². The van der Waals surface area contributed by atoms with Crippen molar-refractivity contribution < 1.29 is 4.79 Å². The lowest BCUT2D eigenvalue weighted by atomic mass is 10.1. The van der Waals surface area contributed by atoms with Gasteiger partial charge < -0.3 is 5.32 Å². The molecule has 1 N–H and O–H groups in total. The van der Waals surface area contributed by atoms with Gasteiger partial charge >= 0.3 is 0 Å². The van der Waals surface area contributed by atoms with Gasteiger partial charge in [-0.1, -0.05) is 32.0 Å². The lowest BCUT2D eigenvalue weighted by Gasteiger charge is -2.08. The number of rotatable bonds is 5. The topological polar surface area (TPSA) is 59.8 Å². The van der Waals surface area contributed by atoms with E-state index in [2.05, 4.69) is 22.3 Å². The summed E-state index contributed by atoms with van der Waals surface area (Å²) in [7, 11) is 0. The Balaban J connectivity index is 1.86. The number of carbonyl (C=O) groups excluding carboxylic acids is 1. The van der Waals surface area contributed by atoms with Crippen LogP contribution in [0.1, 0.15) is 35.5 Å². The van der Waals surface area contributed by atoms with Gasteiger partial charge in [-0.25, -0.2) is 9.67 Å². The van der Waals surface area contributed by atoms with Crippen molar-refractivity contribution in [1.29, 1.82) is 0 Å². The molecule has 0 unspecified atom stereocenters. The Bertz CT molecular complexity index is 822. The first-order valence-corrected chi connectivity index (χ1v) is 8.11. The number of nitrogens with zero attached hydrogens (tertiary/aromatic N) is 3. The minimum atomic E-state index is -0.154. The Hall–Kier alpha value is -2.95. The first-order chi connectivity index (χ1) is 11.7. The number of anilines is 1. The van der Waals surface area contributed by atoms with E-state index in [1.807, 2.05) is 49.4 Å². The van der Waals surface area contributed by atoms with Crippen molar-refractivity contribution >= 4 is 11.6 Å². The van der Waals surface area contributed by atoms with Crippen molar-refractivity contribution in [3.8, 4) is 5.82 Å². The second kappa shape index (κ2) is 7.08. The number of hydrogen-bond donors (Lipinski definition) is 1. The highest BCUT2D eigenvalue weighted by atomic mass is 16.1. The molecule has 1 amide bonds. The third-order valence-corrected chi connectivity index (χ3v) is 3.93. The van der Waals surface area contributed by atoms with E-state index in [-0.39, 0.29) is 5.91 Å². The zero-order valence-corrected chi connectivity index (χ0v) is 13.9. The quantitative estimate of drug-likeness (QED) is 0.780. The molecule has 3 rings (SSSR count). The van der Waals surface area contributed by atoms with Crippen LogP contribution in [-0.4, -0.2) is 20.7 Å². The lowest BCUT2D eigenvalue weighted by Crippen LogP contribution is -2.14. The molecule has 0 aliphatic heterocycles. The number of aromatic nitrogens is 3. The molecular formula is C19H20N4O. The molecule has 3 aromatic rings. The molecule has 0 spiro atoms. The van der Waals surface area contributed by atoms with E-state index in [0.717, 1.165) is 17.8 Å². The molecule has 0 saturated carbocycles. The number of nitrogens with one attached hydrogen (secondary N) is 1. The van der Waals surface area contributed by atoms with E-state index in [0.29, 0.717) is 17.8 Å². The zero-order chi connectivity index (χ0) is 16.9. The van der Waals surface area contributed by atoms with E-state index in [1.54, 1.807) is 17.1 Å². The van der Waals surface area contributed by atoms with Crippen molar-refractivity contribution in [3.05, 3.63) is 71.7 Å². The highest BCUT2D eigenvalue weighted by molar-refractivity contribution is 6.05. The number of pyridine rings is 1. The molecule has 2 aromatic heterocycles. The van der Waals surface area contributed by atoms with Gasteiger partial charge in [0.05, 0.1) is 17.5 Å². The second-order valence-electron chi connectivity index (χ2n) is 5.46. The number of aryl methyl sites for hydroxylation is 1. The maximum Gasteiger partial charge on any atom is 0.259 e. The fourth-order valence-electron chi connectivity index (χ4n) is 2.60. The fraction of sp³-hybridized carbons (Fsp3) is 0.211. The Kier molecular flexibility index (Phi) is 4.70. The minimum Gasteiger partial charge on any atom is -0.322 e. The summed E-state index contributed by atoms with van der Waals surface area (Å²) in [5.74, 6) is 0.555. The van der Waals surface area contributed by atoms with Gasteiger partial charge in [-0.2, -0.15) is 5.10 Å². The van der Waals surface area contributed by atoms with E-state index in [1.165, 1.54) is 5.56 Å². The Morgan fingerprint density at radius 3 is 2.50 bits per heavy atom. The molecule has 0 aliphatic rings. The van der Waals surface area contributed by atoms with Crippen molar-refractivity contribution in [2.45, 2.75) is 26.7 Å². The highest BCUT2D eigenvalue weighted by Crippen LogP contribution is 2.17. The van der Waals surface area contributed by atoms with Crippen LogP contribution >= 0.6 is 0 Å². The normalized spacial score (nSPS) is 10.6. The number of hydrogen-bond acceptors (Lipinski definition) is 3. The molecule has 0 saturated heterocycles.